The van der Waals surface area contributed by atoms with Gasteiger partial charge in [0.05, 0.1) is 5.52 Å². The van der Waals surface area contributed by atoms with E-state index in [2.05, 4.69) is 5.10 Å². The maximum Gasteiger partial charge on any atom is 0.227 e. The summed E-state index contributed by atoms with van der Waals surface area (Å²) in [7, 11) is 1.88. The van der Waals surface area contributed by atoms with Crippen LogP contribution in [0.3, 0.4) is 0 Å². The number of amides is 1. The molecule has 0 aliphatic carbocycles. The van der Waals surface area contributed by atoms with Gasteiger partial charge in [-0.25, -0.2) is 0 Å². The number of nitrogens with zero attached hydrogens (tertiary/aromatic N) is 3. The number of anilines is 1. The first kappa shape index (κ1) is 14.1. The molecule has 1 amide bonds. The van der Waals surface area contributed by atoms with Gasteiger partial charge < -0.3 is 4.90 Å². The lowest BCUT2D eigenvalue weighted by Crippen LogP contribution is -2.24. The first-order valence-corrected chi connectivity index (χ1v) is 7.88. The van der Waals surface area contributed by atoms with E-state index in [1.165, 1.54) is 11.8 Å². The summed E-state index contributed by atoms with van der Waals surface area (Å²) in [4.78, 5) is 25.0. The molecule has 1 atom stereocenters. The van der Waals surface area contributed by atoms with Gasteiger partial charge >= 0.3 is 0 Å². The van der Waals surface area contributed by atoms with E-state index in [1.807, 2.05) is 36.3 Å². The van der Waals surface area contributed by atoms with E-state index < -0.39 is 0 Å². The highest BCUT2D eigenvalue weighted by Crippen LogP contribution is 2.29. The lowest BCUT2D eigenvalue weighted by atomic mass is 10.1. The molecule has 2 aromatic rings. The Morgan fingerprint density at radius 1 is 1.48 bits per heavy atom. The van der Waals surface area contributed by atoms with Gasteiger partial charge in [0, 0.05) is 50.0 Å². The number of thioether (sulfide) groups is 1. The zero-order valence-electron chi connectivity index (χ0n) is 12.1. The van der Waals surface area contributed by atoms with Gasteiger partial charge in [0.1, 0.15) is 0 Å². The second kappa shape index (κ2) is 5.52. The molecular weight excluding hydrogens is 286 g/mol. The van der Waals surface area contributed by atoms with Gasteiger partial charge in [-0.05, 0) is 24.1 Å². The lowest BCUT2D eigenvalue weighted by Gasteiger charge is -2.16. The van der Waals surface area contributed by atoms with Crippen LogP contribution in [-0.2, 0) is 16.6 Å². The summed E-state index contributed by atoms with van der Waals surface area (Å²) in [5.74, 6) is 1.09. The predicted octanol–water partition coefficient (Wildman–Crippen LogP) is 2.21. The average Bonchev–Trinajstić information content (AvgIpc) is 2.97. The summed E-state index contributed by atoms with van der Waals surface area (Å²) >= 11 is 1.30. The van der Waals surface area contributed by atoms with Crippen molar-refractivity contribution in [2.75, 3.05) is 17.2 Å². The molecule has 1 fully saturated rings. The molecule has 0 saturated carbocycles. The molecule has 1 aliphatic heterocycles. The molecule has 1 unspecified atom stereocenters. The van der Waals surface area contributed by atoms with Crippen molar-refractivity contribution in [3.05, 3.63) is 24.4 Å². The average molecular weight is 303 g/mol. The van der Waals surface area contributed by atoms with Gasteiger partial charge in [0.15, 0.2) is 5.12 Å². The van der Waals surface area contributed by atoms with Gasteiger partial charge in [0.2, 0.25) is 5.91 Å². The van der Waals surface area contributed by atoms with Crippen molar-refractivity contribution in [2.45, 2.75) is 13.3 Å². The maximum absolute atomic E-state index is 12.2. The van der Waals surface area contributed by atoms with E-state index >= 15 is 0 Å². The number of carbonyl (C=O) groups is 2. The minimum atomic E-state index is 0.109. The molecule has 1 saturated heterocycles. The highest BCUT2D eigenvalue weighted by Gasteiger charge is 2.30. The number of aryl methyl sites for hydroxylation is 1. The molecule has 3 rings (SSSR count). The Kier molecular flexibility index (Phi) is 3.71. The molecule has 21 heavy (non-hydrogen) atoms. The van der Waals surface area contributed by atoms with E-state index in [0.29, 0.717) is 18.7 Å². The second-order valence-electron chi connectivity index (χ2n) is 5.42. The normalized spacial score (nSPS) is 18.7. The summed E-state index contributed by atoms with van der Waals surface area (Å²) in [6, 6.07) is 5.88. The first-order chi connectivity index (χ1) is 10.0. The van der Waals surface area contributed by atoms with E-state index in [0.717, 1.165) is 16.6 Å². The Hall–Kier alpha value is -1.82. The van der Waals surface area contributed by atoms with E-state index in [9.17, 15) is 9.59 Å². The van der Waals surface area contributed by atoms with E-state index in [4.69, 9.17) is 0 Å². The van der Waals surface area contributed by atoms with Crippen LogP contribution in [0.4, 0.5) is 5.69 Å². The van der Waals surface area contributed by atoms with Crippen LogP contribution in [0.25, 0.3) is 10.9 Å². The van der Waals surface area contributed by atoms with Gasteiger partial charge in [-0.1, -0.05) is 11.8 Å². The third-order valence-corrected chi connectivity index (χ3v) is 4.69. The Bertz CT molecular complexity index is 710. The van der Waals surface area contributed by atoms with Crippen LogP contribution < -0.4 is 4.90 Å². The third-order valence-electron chi connectivity index (χ3n) is 3.64. The van der Waals surface area contributed by atoms with E-state index in [-0.39, 0.29) is 16.9 Å². The molecule has 1 aliphatic rings. The van der Waals surface area contributed by atoms with Crippen LogP contribution in [0, 0.1) is 5.92 Å². The summed E-state index contributed by atoms with van der Waals surface area (Å²) < 4.78 is 1.77. The van der Waals surface area contributed by atoms with Crippen molar-refractivity contribution in [3.8, 4) is 0 Å². The molecule has 1 aromatic carbocycles. The Morgan fingerprint density at radius 2 is 2.29 bits per heavy atom. The molecule has 1 aromatic heterocycles. The molecule has 0 bridgehead atoms. The number of rotatable bonds is 3. The molecule has 0 spiro atoms. The Balaban J connectivity index is 1.78. The maximum atomic E-state index is 12.2. The molecule has 110 valence electrons. The second-order valence-corrected chi connectivity index (χ2v) is 6.62. The zero-order valence-corrected chi connectivity index (χ0v) is 12.9. The summed E-state index contributed by atoms with van der Waals surface area (Å²) in [6.45, 7) is 2.25. The van der Waals surface area contributed by atoms with Crippen LogP contribution in [0.2, 0.25) is 0 Å². The largest absolute Gasteiger partial charge is 0.312 e. The molecule has 6 heteroatoms. The number of hydrogen-bond acceptors (Lipinski definition) is 4. The highest BCUT2D eigenvalue weighted by atomic mass is 32.2. The van der Waals surface area contributed by atoms with Crippen LogP contribution in [0.5, 0.6) is 0 Å². The minimum Gasteiger partial charge on any atom is -0.312 e. The van der Waals surface area contributed by atoms with Gasteiger partial charge in [-0.15, -0.1) is 0 Å². The summed E-state index contributed by atoms with van der Waals surface area (Å²) in [5, 5.41) is 5.48. The molecule has 0 N–H and O–H groups in total. The molecule has 5 nitrogen and oxygen atoms in total. The fourth-order valence-corrected chi connectivity index (χ4v) is 3.38. The zero-order chi connectivity index (χ0) is 15.0. The standard InChI is InChI=1S/C15H17N3O2S/c1-10(19)21-9-11-5-15(20)18(7-11)13-3-4-14-12(6-13)8-17(2)16-14/h3-4,6,8,11H,5,7,9H2,1-2H3. The fourth-order valence-electron chi connectivity index (χ4n) is 2.68. The Morgan fingerprint density at radius 3 is 3.05 bits per heavy atom. The number of benzene rings is 1. The van der Waals surface area contributed by atoms with Crippen molar-refractivity contribution in [1.29, 1.82) is 0 Å². The molecule has 0 radical (unpaired) electrons. The quantitative estimate of drug-likeness (QED) is 0.872. The van der Waals surface area contributed by atoms with Crippen molar-refractivity contribution in [2.24, 2.45) is 13.0 Å². The number of hydrogen-bond donors (Lipinski definition) is 0. The predicted molar refractivity (Wildman–Crippen MR) is 84.3 cm³/mol. The van der Waals surface area contributed by atoms with Gasteiger partial charge in [-0.2, -0.15) is 5.10 Å². The van der Waals surface area contributed by atoms with Crippen molar-refractivity contribution in [1.82, 2.24) is 9.78 Å². The van der Waals surface area contributed by atoms with Crippen LogP contribution in [-0.4, -0.2) is 33.1 Å². The van der Waals surface area contributed by atoms with Gasteiger partial charge in [-0.3, -0.25) is 14.3 Å². The van der Waals surface area contributed by atoms with Crippen molar-refractivity contribution >= 4 is 39.4 Å². The number of aromatic nitrogens is 2. The van der Waals surface area contributed by atoms with Crippen LogP contribution in [0.15, 0.2) is 24.4 Å². The number of carbonyl (C=O) groups excluding carboxylic acids is 2. The molecule has 2 heterocycles. The van der Waals surface area contributed by atoms with Crippen molar-refractivity contribution in [3.63, 3.8) is 0 Å². The summed E-state index contributed by atoms with van der Waals surface area (Å²) in [6.07, 6.45) is 2.47. The van der Waals surface area contributed by atoms with E-state index in [1.54, 1.807) is 11.6 Å². The summed E-state index contributed by atoms with van der Waals surface area (Å²) in [5.41, 5.74) is 1.84. The fraction of sp³-hybridized carbons (Fsp3) is 0.400. The minimum absolute atomic E-state index is 0.109. The topological polar surface area (TPSA) is 55.2 Å². The first-order valence-electron chi connectivity index (χ1n) is 6.90. The molecular formula is C15H17N3O2S. The lowest BCUT2D eigenvalue weighted by molar-refractivity contribution is -0.117. The van der Waals surface area contributed by atoms with Gasteiger partial charge in [0.25, 0.3) is 0 Å². The van der Waals surface area contributed by atoms with Crippen LogP contribution >= 0.6 is 11.8 Å². The highest BCUT2D eigenvalue weighted by molar-refractivity contribution is 8.13. The number of fused-ring (bicyclic) bond motifs is 1. The third kappa shape index (κ3) is 2.95. The Labute approximate surface area is 127 Å². The van der Waals surface area contributed by atoms with Crippen LogP contribution in [0.1, 0.15) is 13.3 Å². The monoisotopic (exact) mass is 303 g/mol. The SMILES string of the molecule is CC(=O)SCC1CC(=O)N(c2ccc3nn(C)cc3c2)C1. The van der Waals surface area contributed by atoms with Crippen molar-refractivity contribution < 1.29 is 9.59 Å². The smallest absolute Gasteiger partial charge is 0.227 e.